The van der Waals surface area contributed by atoms with E-state index < -0.39 is 17.2 Å². The third-order valence-electron chi connectivity index (χ3n) is 6.58. The molecular weight excluding hydrogens is 425 g/mol. The second-order valence-electron chi connectivity index (χ2n) is 8.78. The molecular formula is C25H22FN3O4. The van der Waals surface area contributed by atoms with Crippen LogP contribution < -0.4 is 15.6 Å². The molecule has 1 saturated carbocycles. The molecule has 1 unspecified atom stereocenters. The van der Waals surface area contributed by atoms with Crippen LogP contribution in [0.25, 0.3) is 21.9 Å². The van der Waals surface area contributed by atoms with Gasteiger partial charge in [-0.05, 0) is 37.1 Å². The molecule has 0 spiro atoms. The molecule has 2 fully saturated rings. The highest BCUT2D eigenvalue weighted by Gasteiger charge is 2.29. The van der Waals surface area contributed by atoms with Gasteiger partial charge in [0.15, 0.2) is 0 Å². The standard InChI is InChI=1S/C25H22FN3O4/c26-18-10-16-20(29(15-5-6-15)12-17(24(16)30)25(31)32)11-21(18)28-8-7-27-19(13-28)23-9-14-3-1-2-4-22(14)33-23/h1-4,9-12,15,19,27H,5-8,13H2,(H,31,32). The van der Waals surface area contributed by atoms with Gasteiger partial charge in [-0.15, -0.1) is 0 Å². The molecule has 7 nitrogen and oxygen atoms in total. The van der Waals surface area contributed by atoms with Crippen molar-refractivity contribution in [2.45, 2.75) is 24.9 Å². The number of benzene rings is 2. The summed E-state index contributed by atoms with van der Waals surface area (Å²) in [5, 5.41) is 14.0. The Balaban J connectivity index is 1.41. The van der Waals surface area contributed by atoms with Crippen LogP contribution in [0.5, 0.6) is 0 Å². The zero-order valence-electron chi connectivity index (χ0n) is 17.8. The van der Waals surface area contributed by atoms with E-state index >= 15 is 4.39 Å². The molecule has 1 atom stereocenters. The van der Waals surface area contributed by atoms with E-state index in [1.165, 1.54) is 12.3 Å². The lowest BCUT2D eigenvalue weighted by molar-refractivity contribution is 0.0695. The van der Waals surface area contributed by atoms with Crippen LogP contribution in [0.2, 0.25) is 0 Å². The number of nitrogens with one attached hydrogen (secondary N) is 1. The fourth-order valence-electron chi connectivity index (χ4n) is 4.74. The van der Waals surface area contributed by atoms with Crippen molar-refractivity contribution in [3.8, 4) is 0 Å². The van der Waals surface area contributed by atoms with E-state index in [4.69, 9.17) is 4.42 Å². The van der Waals surface area contributed by atoms with Crippen LogP contribution in [0.4, 0.5) is 10.1 Å². The number of hydrogen-bond donors (Lipinski definition) is 2. The molecule has 8 heteroatoms. The van der Waals surface area contributed by atoms with E-state index in [9.17, 15) is 14.7 Å². The monoisotopic (exact) mass is 447 g/mol. The van der Waals surface area contributed by atoms with Crippen molar-refractivity contribution in [3.05, 3.63) is 76.0 Å². The number of piperazine rings is 1. The number of para-hydroxylation sites is 1. The van der Waals surface area contributed by atoms with Crippen molar-refractivity contribution in [3.63, 3.8) is 0 Å². The minimum atomic E-state index is -1.29. The van der Waals surface area contributed by atoms with Gasteiger partial charge in [0.1, 0.15) is 22.7 Å². The minimum Gasteiger partial charge on any atom is -0.477 e. The van der Waals surface area contributed by atoms with Gasteiger partial charge in [0, 0.05) is 42.6 Å². The number of aromatic nitrogens is 1. The number of anilines is 1. The first kappa shape index (κ1) is 20.0. The summed E-state index contributed by atoms with van der Waals surface area (Å²) in [6, 6.07) is 12.7. The lowest BCUT2D eigenvalue weighted by atomic mass is 10.1. The molecule has 2 aliphatic rings. The Morgan fingerprint density at radius 1 is 1.18 bits per heavy atom. The molecule has 1 aliphatic heterocycles. The Hall–Kier alpha value is -3.65. The van der Waals surface area contributed by atoms with E-state index in [-0.39, 0.29) is 23.0 Å². The van der Waals surface area contributed by atoms with Crippen molar-refractivity contribution in [2.24, 2.45) is 0 Å². The number of halogens is 1. The number of carboxylic acids is 1. The minimum absolute atomic E-state index is 0.104. The average molecular weight is 447 g/mol. The summed E-state index contributed by atoms with van der Waals surface area (Å²) in [5.74, 6) is -1.03. The Morgan fingerprint density at radius 3 is 2.76 bits per heavy atom. The molecule has 2 aromatic carbocycles. The summed E-state index contributed by atoms with van der Waals surface area (Å²) >= 11 is 0. The summed E-state index contributed by atoms with van der Waals surface area (Å²) in [7, 11) is 0. The zero-order valence-corrected chi connectivity index (χ0v) is 17.8. The van der Waals surface area contributed by atoms with Crippen molar-refractivity contribution < 1.29 is 18.7 Å². The normalized spacial score (nSPS) is 18.8. The van der Waals surface area contributed by atoms with E-state index in [2.05, 4.69) is 5.32 Å². The summed E-state index contributed by atoms with van der Waals surface area (Å²) in [6.45, 7) is 1.75. The van der Waals surface area contributed by atoms with E-state index in [1.54, 1.807) is 6.07 Å². The highest BCUT2D eigenvalue weighted by Crippen LogP contribution is 2.38. The third-order valence-corrected chi connectivity index (χ3v) is 6.58. The molecule has 33 heavy (non-hydrogen) atoms. The number of rotatable bonds is 4. The quantitative estimate of drug-likeness (QED) is 0.490. The highest BCUT2D eigenvalue weighted by molar-refractivity contribution is 5.93. The number of carbonyl (C=O) groups is 1. The Morgan fingerprint density at radius 2 is 2.00 bits per heavy atom. The first-order chi connectivity index (χ1) is 16.0. The molecule has 168 valence electrons. The second kappa shape index (κ2) is 7.45. The van der Waals surface area contributed by atoms with Gasteiger partial charge in [-0.25, -0.2) is 9.18 Å². The molecule has 4 aromatic rings. The molecule has 0 bridgehead atoms. The van der Waals surface area contributed by atoms with Crippen LogP contribution in [0.3, 0.4) is 0 Å². The maximum atomic E-state index is 15.3. The van der Waals surface area contributed by atoms with E-state index in [0.717, 1.165) is 29.6 Å². The van der Waals surface area contributed by atoms with Gasteiger partial charge in [-0.3, -0.25) is 4.79 Å². The van der Waals surface area contributed by atoms with Crippen LogP contribution in [-0.2, 0) is 0 Å². The zero-order chi connectivity index (χ0) is 22.7. The molecule has 6 rings (SSSR count). The fraction of sp³-hybridized carbons (Fsp3) is 0.280. The van der Waals surface area contributed by atoms with Gasteiger partial charge in [-0.1, -0.05) is 18.2 Å². The van der Waals surface area contributed by atoms with Crippen molar-refractivity contribution in [2.75, 3.05) is 24.5 Å². The van der Waals surface area contributed by atoms with Gasteiger partial charge >= 0.3 is 5.97 Å². The fourth-order valence-corrected chi connectivity index (χ4v) is 4.74. The van der Waals surface area contributed by atoms with Crippen LogP contribution >= 0.6 is 0 Å². The molecule has 1 saturated heterocycles. The number of nitrogens with zero attached hydrogens (tertiary/aromatic N) is 2. The van der Waals surface area contributed by atoms with Crippen LogP contribution in [0.1, 0.15) is 41.0 Å². The maximum absolute atomic E-state index is 15.3. The van der Waals surface area contributed by atoms with Gasteiger partial charge in [0.25, 0.3) is 0 Å². The lowest BCUT2D eigenvalue weighted by Gasteiger charge is -2.34. The molecule has 0 amide bonds. The number of pyridine rings is 1. The number of fused-ring (bicyclic) bond motifs is 2. The summed E-state index contributed by atoms with van der Waals surface area (Å²) in [4.78, 5) is 26.2. The molecule has 2 N–H and O–H groups in total. The van der Waals surface area contributed by atoms with E-state index in [0.29, 0.717) is 30.8 Å². The predicted octanol–water partition coefficient (Wildman–Crippen LogP) is 4.07. The highest BCUT2D eigenvalue weighted by atomic mass is 19.1. The van der Waals surface area contributed by atoms with Gasteiger partial charge < -0.3 is 24.3 Å². The molecule has 2 aromatic heterocycles. The van der Waals surface area contributed by atoms with Crippen molar-refractivity contribution in [1.82, 2.24) is 9.88 Å². The lowest BCUT2D eigenvalue weighted by Crippen LogP contribution is -2.46. The summed E-state index contributed by atoms with van der Waals surface area (Å²) in [5.41, 5.74) is 0.810. The summed E-state index contributed by atoms with van der Waals surface area (Å²) in [6.07, 6.45) is 3.22. The van der Waals surface area contributed by atoms with Crippen LogP contribution in [0.15, 0.2) is 57.9 Å². The molecule has 0 radical (unpaired) electrons. The smallest absolute Gasteiger partial charge is 0.341 e. The van der Waals surface area contributed by atoms with Gasteiger partial charge in [0.05, 0.1) is 17.2 Å². The number of furan rings is 1. The van der Waals surface area contributed by atoms with E-state index in [1.807, 2.05) is 39.8 Å². The SMILES string of the molecule is O=C(O)c1cn(C2CC2)c2cc(N3CCNC(c4cc5ccccc5o4)C3)c(F)cc2c1=O. The number of carboxylic acid groups (broad SMARTS) is 1. The largest absolute Gasteiger partial charge is 0.477 e. The maximum Gasteiger partial charge on any atom is 0.341 e. The van der Waals surface area contributed by atoms with Crippen LogP contribution in [-0.4, -0.2) is 35.3 Å². The average Bonchev–Trinajstić information content (AvgIpc) is 3.56. The Labute approximate surface area is 188 Å². The Bertz CT molecular complexity index is 1440. The van der Waals surface area contributed by atoms with Crippen molar-refractivity contribution in [1.29, 1.82) is 0 Å². The summed E-state index contributed by atoms with van der Waals surface area (Å²) < 4.78 is 23.1. The number of hydrogen-bond acceptors (Lipinski definition) is 5. The molecule has 1 aliphatic carbocycles. The van der Waals surface area contributed by atoms with Gasteiger partial charge in [-0.2, -0.15) is 0 Å². The first-order valence-corrected chi connectivity index (χ1v) is 11.1. The predicted molar refractivity (Wildman–Crippen MR) is 123 cm³/mol. The topological polar surface area (TPSA) is 87.7 Å². The second-order valence-corrected chi connectivity index (χ2v) is 8.78. The number of aromatic carboxylic acids is 1. The van der Waals surface area contributed by atoms with Crippen LogP contribution in [0, 0.1) is 5.82 Å². The van der Waals surface area contributed by atoms with Crippen molar-refractivity contribution >= 4 is 33.5 Å². The molecule has 3 heterocycles. The Kier molecular flexibility index (Phi) is 4.51. The third kappa shape index (κ3) is 3.38. The first-order valence-electron chi connectivity index (χ1n) is 11.1. The van der Waals surface area contributed by atoms with Gasteiger partial charge in [0.2, 0.25) is 5.43 Å².